The summed E-state index contributed by atoms with van der Waals surface area (Å²) in [5.41, 5.74) is 4.47. The summed E-state index contributed by atoms with van der Waals surface area (Å²) in [6, 6.07) is 24.5. The first kappa shape index (κ1) is 23.3. The first-order valence-electron chi connectivity index (χ1n) is 10.8. The Morgan fingerprint density at radius 2 is 1.59 bits per heavy atom. The van der Waals surface area contributed by atoms with E-state index in [0.717, 1.165) is 22.6 Å². The normalized spacial score (nSPS) is 11.3. The van der Waals surface area contributed by atoms with Gasteiger partial charge in [0.15, 0.2) is 0 Å². The van der Waals surface area contributed by atoms with Gasteiger partial charge >= 0.3 is 0 Å². The third kappa shape index (κ3) is 4.87. The summed E-state index contributed by atoms with van der Waals surface area (Å²) in [5, 5.41) is 4.65. The fraction of sp³-hybridized carbons (Fsp3) is 0.154. The van der Waals surface area contributed by atoms with Gasteiger partial charge in [-0.3, -0.25) is 9.52 Å². The predicted molar refractivity (Wildman–Crippen MR) is 133 cm³/mol. The SMILES string of the molecule is Cc1nn(-c2ccccc2)c(C)c1CN(C)C(=O)c1cccc(NS(=O)(=O)c2ccccc2)c1. The molecule has 3 aromatic carbocycles. The number of rotatable bonds is 7. The topological polar surface area (TPSA) is 84.3 Å². The second kappa shape index (κ2) is 9.52. The van der Waals surface area contributed by atoms with Crippen molar-refractivity contribution in [2.75, 3.05) is 11.8 Å². The maximum atomic E-state index is 13.2. The van der Waals surface area contributed by atoms with Gasteiger partial charge in [0.1, 0.15) is 0 Å². The third-order valence-corrected chi connectivity index (χ3v) is 7.00. The van der Waals surface area contributed by atoms with E-state index in [1.165, 1.54) is 12.1 Å². The van der Waals surface area contributed by atoms with Gasteiger partial charge in [-0.1, -0.05) is 42.5 Å². The molecule has 1 amide bonds. The number of aryl methyl sites for hydroxylation is 1. The zero-order chi connectivity index (χ0) is 24.3. The van der Waals surface area contributed by atoms with E-state index in [1.54, 1.807) is 54.4 Å². The Morgan fingerprint density at radius 1 is 0.941 bits per heavy atom. The number of aromatic nitrogens is 2. The minimum absolute atomic E-state index is 0.158. The number of amides is 1. The van der Waals surface area contributed by atoms with Crippen LogP contribution in [0.4, 0.5) is 5.69 Å². The summed E-state index contributed by atoms with van der Waals surface area (Å²) < 4.78 is 29.7. The Bertz CT molecular complexity index is 1420. The van der Waals surface area contributed by atoms with Crippen LogP contribution in [0.1, 0.15) is 27.3 Å². The summed E-state index contributed by atoms with van der Waals surface area (Å²) in [7, 11) is -2.02. The van der Waals surface area contributed by atoms with E-state index < -0.39 is 10.0 Å². The molecule has 0 spiro atoms. The number of carbonyl (C=O) groups is 1. The summed E-state index contributed by atoms with van der Waals surface area (Å²) in [4.78, 5) is 14.9. The van der Waals surface area contributed by atoms with Crippen LogP contribution < -0.4 is 4.72 Å². The molecule has 1 N–H and O–H groups in total. The number of hydrogen-bond donors (Lipinski definition) is 1. The molecular formula is C26H26N4O3S. The van der Waals surface area contributed by atoms with Crippen molar-refractivity contribution in [3.8, 4) is 5.69 Å². The molecule has 0 aliphatic heterocycles. The minimum atomic E-state index is -3.75. The maximum Gasteiger partial charge on any atom is 0.261 e. The highest BCUT2D eigenvalue weighted by Gasteiger charge is 2.19. The molecule has 1 heterocycles. The molecule has 0 saturated heterocycles. The summed E-state index contributed by atoms with van der Waals surface area (Å²) in [6.07, 6.45) is 0. The summed E-state index contributed by atoms with van der Waals surface area (Å²) >= 11 is 0. The molecular weight excluding hydrogens is 448 g/mol. The van der Waals surface area contributed by atoms with Crippen molar-refractivity contribution in [1.82, 2.24) is 14.7 Å². The molecule has 0 aliphatic carbocycles. The lowest BCUT2D eigenvalue weighted by molar-refractivity contribution is 0.0785. The van der Waals surface area contributed by atoms with Crippen molar-refractivity contribution in [2.24, 2.45) is 0 Å². The Hall–Kier alpha value is -3.91. The number of nitrogens with zero attached hydrogens (tertiary/aromatic N) is 3. The molecule has 0 atom stereocenters. The minimum Gasteiger partial charge on any atom is -0.337 e. The van der Waals surface area contributed by atoms with Crippen molar-refractivity contribution in [2.45, 2.75) is 25.3 Å². The van der Waals surface area contributed by atoms with Gasteiger partial charge < -0.3 is 4.90 Å². The van der Waals surface area contributed by atoms with Crippen LogP contribution in [-0.4, -0.2) is 36.1 Å². The van der Waals surface area contributed by atoms with Gasteiger partial charge in [0.25, 0.3) is 15.9 Å². The fourth-order valence-corrected chi connectivity index (χ4v) is 4.85. The molecule has 0 radical (unpaired) electrons. The van der Waals surface area contributed by atoms with Crippen LogP contribution in [0.3, 0.4) is 0 Å². The van der Waals surface area contributed by atoms with Crippen LogP contribution in [-0.2, 0) is 16.6 Å². The number of benzene rings is 3. The van der Waals surface area contributed by atoms with Crippen LogP contribution >= 0.6 is 0 Å². The Kier molecular flexibility index (Phi) is 6.51. The number of nitrogens with one attached hydrogen (secondary N) is 1. The van der Waals surface area contributed by atoms with Gasteiger partial charge in [0.05, 0.1) is 16.3 Å². The Labute approximate surface area is 199 Å². The second-order valence-electron chi connectivity index (χ2n) is 8.06. The number of para-hydroxylation sites is 1. The van der Waals surface area contributed by atoms with Gasteiger partial charge in [-0.15, -0.1) is 0 Å². The average Bonchev–Trinajstić information content (AvgIpc) is 3.13. The van der Waals surface area contributed by atoms with Gasteiger partial charge in [0.2, 0.25) is 0 Å². The van der Waals surface area contributed by atoms with Crippen molar-refractivity contribution in [1.29, 1.82) is 0 Å². The number of anilines is 1. The highest BCUT2D eigenvalue weighted by atomic mass is 32.2. The molecule has 0 bridgehead atoms. The number of sulfonamides is 1. The van der Waals surface area contributed by atoms with E-state index in [0.29, 0.717) is 17.8 Å². The van der Waals surface area contributed by atoms with Gasteiger partial charge in [0, 0.05) is 36.1 Å². The molecule has 4 rings (SSSR count). The number of carbonyl (C=O) groups excluding carboxylic acids is 1. The van der Waals surface area contributed by atoms with Crippen LogP contribution in [0.5, 0.6) is 0 Å². The molecule has 0 fully saturated rings. The van der Waals surface area contributed by atoms with E-state index in [9.17, 15) is 13.2 Å². The zero-order valence-corrected chi connectivity index (χ0v) is 20.1. The Morgan fingerprint density at radius 3 is 2.26 bits per heavy atom. The largest absolute Gasteiger partial charge is 0.337 e. The maximum absolute atomic E-state index is 13.2. The molecule has 34 heavy (non-hydrogen) atoms. The van der Waals surface area contributed by atoms with Crippen molar-refractivity contribution in [3.63, 3.8) is 0 Å². The predicted octanol–water partition coefficient (Wildman–Crippen LogP) is 4.56. The van der Waals surface area contributed by atoms with Gasteiger partial charge in [-0.2, -0.15) is 5.10 Å². The first-order chi connectivity index (χ1) is 16.3. The molecule has 1 aromatic heterocycles. The molecule has 0 saturated carbocycles. The van der Waals surface area contributed by atoms with E-state index in [1.807, 2.05) is 48.9 Å². The van der Waals surface area contributed by atoms with Gasteiger partial charge in [-0.05, 0) is 56.3 Å². The van der Waals surface area contributed by atoms with Crippen molar-refractivity contribution < 1.29 is 13.2 Å². The highest BCUT2D eigenvalue weighted by Crippen LogP contribution is 2.21. The smallest absolute Gasteiger partial charge is 0.261 e. The second-order valence-corrected chi connectivity index (χ2v) is 9.74. The molecule has 0 unspecified atom stereocenters. The molecule has 174 valence electrons. The lowest BCUT2D eigenvalue weighted by atomic mass is 10.1. The molecule has 7 nitrogen and oxygen atoms in total. The van der Waals surface area contributed by atoms with Crippen LogP contribution in [0.15, 0.2) is 89.8 Å². The quantitative estimate of drug-likeness (QED) is 0.426. The van der Waals surface area contributed by atoms with Gasteiger partial charge in [-0.25, -0.2) is 13.1 Å². The van der Waals surface area contributed by atoms with Crippen LogP contribution in [0.25, 0.3) is 5.69 Å². The lowest BCUT2D eigenvalue weighted by Crippen LogP contribution is -2.27. The Balaban J connectivity index is 1.53. The van der Waals surface area contributed by atoms with E-state index in [4.69, 9.17) is 0 Å². The number of hydrogen-bond acceptors (Lipinski definition) is 4. The van der Waals surface area contributed by atoms with E-state index in [-0.39, 0.29) is 10.8 Å². The van der Waals surface area contributed by atoms with Crippen molar-refractivity contribution >= 4 is 21.6 Å². The van der Waals surface area contributed by atoms with Crippen molar-refractivity contribution in [3.05, 3.63) is 107 Å². The summed E-state index contributed by atoms with van der Waals surface area (Å²) in [5.74, 6) is -0.216. The molecule has 8 heteroatoms. The lowest BCUT2D eigenvalue weighted by Gasteiger charge is -2.18. The zero-order valence-electron chi connectivity index (χ0n) is 19.3. The average molecular weight is 475 g/mol. The van der Waals surface area contributed by atoms with Crippen LogP contribution in [0.2, 0.25) is 0 Å². The molecule has 0 aliphatic rings. The molecule has 4 aromatic rings. The fourth-order valence-electron chi connectivity index (χ4n) is 3.78. The highest BCUT2D eigenvalue weighted by molar-refractivity contribution is 7.92. The van der Waals surface area contributed by atoms with E-state index >= 15 is 0 Å². The summed E-state index contributed by atoms with van der Waals surface area (Å²) in [6.45, 7) is 4.29. The first-order valence-corrected chi connectivity index (χ1v) is 12.3. The monoisotopic (exact) mass is 474 g/mol. The van der Waals surface area contributed by atoms with Crippen LogP contribution in [0, 0.1) is 13.8 Å². The standard InChI is InChI=1S/C26H26N4O3S/c1-19-25(20(2)30(27-19)23-13-6-4-7-14-23)18-29(3)26(31)21-11-10-12-22(17-21)28-34(32,33)24-15-8-5-9-16-24/h4-17,28H,18H2,1-3H3. The van der Waals surface area contributed by atoms with E-state index in [2.05, 4.69) is 9.82 Å². The third-order valence-electron chi connectivity index (χ3n) is 5.60.